The van der Waals surface area contributed by atoms with Gasteiger partial charge in [0, 0.05) is 23.2 Å². The second-order valence-corrected chi connectivity index (χ2v) is 5.27. The zero-order valence-corrected chi connectivity index (χ0v) is 12.0. The summed E-state index contributed by atoms with van der Waals surface area (Å²) in [5.41, 5.74) is 4.46. The molecule has 0 saturated heterocycles. The van der Waals surface area contributed by atoms with Crippen molar-refractivity contribution >= 4 is 28.2 Å². The molecule has 0 spiro atoms. The second-order valence-electron chi connectivity index (χ2n) is 4.87. The molecule has 5 heteroatoms. The predicted octanol–water partition coefficient (Wildman–Crippen LogP) is 3.91. The zero-order valence-electron chi connectivity index (χ0n) is 11.3. The summed E-state index contributed by atoms with van der Waals surface area (Å²) in [5.74, 6) is 0. The van der Waals surface area contributed by atoms with Gasteiger partial charge in [-0.15, -0.1) is 0 Å². The summed E-state index contributed by atoms with van der Waals surface area (Å²) < 4.78 is 1.82. The monoisotopic (exact) mass is 294 g/mol. The first-order valence-electron chi connectivity index (χ1n) is 6.59. The minimum Gasteiger partial charge on any atom is -0.256 e. The van der Waals surface area contributed by atoms with E-state index in [0.29, 0.717) is 5.02 Å². The Bertz CT molecular complexity index is 969. The van der Waals surface area contributed by atoms with Gasteiger partial charge in [-0.2, -0.15) is 5.10 Å². The highest BCUT2D eigenvalue weighted by atomic mass is 35.5. The number of pyridine rings is 1. The number of benzene rings is 1. The molecule has 0 radical (unpaired) electrons. The summed E-state index contributed by atoms with van der Waals surface area (Å²) in [7, 11) is 0. The maximum absolute atomic E-state index is 6.11. The first kappa shape index (κ1) is 12.3. The number of hydrogen-bond acceptors (Lipinski definition) is 3. The number of rotatable bonds is 1. The van der Waals surface area contributed by atoms with Gasteiger partial charge < -0.3 is 0 Å². The van der Waals surface area contributed by atoms with Crippen molar-refractivity contribution in [3.05, 3.63) is 59.5 Å². The summed E-state index contributed by atoms with van der Waals surface area (Å²) in [5, 5.41) is 6.22. The van der Waals surface area contributed by atoms with Crippen molar-refractivity contribution in [1.29, 1.82) is 0 Å². The minimum atomic E-state index is 0.624. The standard InChI is InChI=1S/C16H11ClN4/c1-10-13(17)8-16-19-9-15(21(16)20-10)12-6-7-18-14-5-3-2-4-11(12)14/h2-9H,1H3. The lowest BCUT2D eigenvalue weighted by molar-refractivity contribution is 0.908. The molecule has 0 amide bonds. The average molecular weight is 295 g/mol. The molecule has 1 aromatic carbocycles. The summed E-state index contributed by atoms with van der Waals surface area (Å²) in [4.78, 5) is 8.79. The average Bonchev–Trinajstić information content (AvgIpc) is 2.90. The van der Waals surface area contributed by atoms with Crippen LogP contribution < -0.4 is 0 Å². The van der Waals surface area contributed by atoms with E-state index < -0.39 is 0 Å². The van der Waals surface area contributed by atoms with Crippen molar-refractivity contribution < 1.29 is 0 Å². The molecule has 3 heterocycles. The second kappa shape index (κ2) is 4.53. The van der Waals surface area contributed by atoms with Crippen LogP contribution in [0.5, 0.6) is 0 Å². The maximum atomic E-state index is 6.11. The smallest absolute Gasteiger partial charge is 0.155 e. The van der Waals surface area contributed by atoms with Crippen LogP contribution in [0.15, 0.2) is 48.8 Å². The number of imidazole rings is 1. The lowest BCUT2D eigenvalue weighted by Gasteiger charge is -2.06. The van der Waals surface area contributed by atoms with Gasteiger partial charge >= 0.3 is 0 Å². The topological polar surface area (TPSA) is 43.1 Å². The van der Waals surface area contributed by atoms with E-state index in [9.17, 15) is 0 Å². The fourth-order valence-corrected chi connectivity index (χ4v) is 2.62. The Hall–Kier alpha value is -2.46. The van der Waals surface area contributed by atoms with Crippen molar-refractivity contribution in [2.75, 3.05) is 0 Å². The molecule has 4 aromatic rings. The number of para-hydroxylation sites is 1. The van der Waals surface area contributed by atoms with Crippen molar-refractivity contribution in [2.24, 2.45) is 0 Å². The Morgan fingerprint density at radius 1 is 1.10 bits per heavy atom. The Labute approximate surface area is 126 Å². The Balaban J connectivity index is 2.07. The molecule has 4 nitrogen and oxygen atoms in total. The van der Waals surface area contributed by atoms with Gasteiger partial charge in [-0.05, 0) is 19.1 Å². The van der Waals surface area contributed by atoms with Crippen LogP contribution in [0.25, 0.3) is 27.8 Å². The number of hydrogen-bond donors (Lipinski definition) is 0. The van der Waals surface area contributed by atoms with Crippen molar-refractivity contribution in [1.82, 2.24) is 19.6 Å². The number of aryl methyl sites for hydroxylation is 1. The molecule has 0 aliphatic heterocycles. The zero-order chi connectivity index (χ0) is 14.4. The molecular weight excluding hydrogens is 284 g/mol. The Morgan fingerprint density at radius 2 is 1.95 bits per heavy atom. The molecule has 0 atom stereocenters. The van der Waals surface area contributed by atoms with Gasteiger partial charge in [0.05, 0.1) is 28.1 Å². The molecule has 0 unspecified atom stereocenters. The summed E-state index contributed by atoms with van der Waals surface area (Å²) in [6, 6.07) is 11.9. The number of fused-ring (bicyclic) bond motifs is 2. The fraction of sp³-hybridized carbons (Fsp3) is 0.0625. The number of nitrogens with zero attached hydrogens (tertiary/aromatic N) is 4. The van der Waals surface area contributed by atoms with E-state index in [0.717, 1.165) is 33.5 Å². The SMILES string of the molecule is Cc1nn2c(-c3ccnc4ccccc34)cnc2cc1Cl. The Morgan fingerprint density at radius 3 is 2.86 bits per heavy atom. The van der Waals surface area contributed by atoms with Gasteiger partial charge in [-0.1, -0.05) is 29.8 Å². The van der Waals surface area contributed by atoms with Crippen LogP contribution >= 0.6 is 11.6 Å². The van der Waals surface area contributed by atoms with Crippen LogP contribution in [0.2, 0.25) is 5.02 Å². The minimum absolute atomic E-state index is 0.624. The Kier molecular flexibility index (Phi) is 2.65. The van der Waals surface area contributed by atoms with E-state index in [4.69, 9.17) is 11.6 Å². The lowest BCUT2D eigenvalue weighted by Crippen LogP contribution is -1.97. The van der Waals surface area contributed by atoms with Gasteiger partial charge in [0.2, 0.25) is 0 Å². The number of aromatic nitrogens is 4. The lowest BCUT2D eigenvalue weighted by atomic mass is 10.1. The van der Waals surface area contributed by atoms with Gasteiger partial charge in [0.1, 0.15) is 0 Å². The largest absolute Gasteiger partial charge is 0.256 e. The molecule has 0 saturated carbocycles. The first-order chi connectivity index (χ1) is 10.2. The van der Waals surface area contributed by atoms with Crippen LogP contribution in [0.3, 0.4) is 0 Å². The first-order valence-corrected chi connectivity index (χ1v) is 6.97. The molecule has 3 aromatic heterocycles. The van der Waals surface area contributed by atoms with Gasteiger partial charge in [0.25, 0.3) is 0 Å². The van der Waals surface area contributed by atoms with Crippen LogP contribution in [0, 0.1) is 6.92 Å². The highest BCUT2D eigenvalue weighted by molar-refractivity contribution is 6.31. The number of halogens is 1. The van der Waals surface area contributed by atoms with Crippen LogP contribution in [-0.2, 0) is 0 Å². The molecule has 0 aliphatic rings. The van der Waals surface area contributed by atoms with E-state index in [1.54, 1.807) is 6.20 Å². The van der Waals surface area contributed by atoms with Crippen LogP contribution in [-0.4, -0.2) is 19.6 Å². The maximum Gasteiger partial charge on any atom is 0.155 e. The third kappa shape index (κ3) is 1.87. The van der Waals surface area contributed by atoms with Gasteiger partial charge in [0.15, 0.2) is 5.65 Å². The third-order valence-corrected chi connectivity index (χ3v) is 3.92. The van der Waals surface area contributed by atoms with Crippen molar-refractivity contribution in [3.63, 3.8) is 0 Å². The molecule has 0 aliphatic carbocycles. The normalized spacial score (nSPS) is 11.3. The highest BCUT2D eigenvalue weighted by Gasteiger charge is 2.12. The highest BCUT2D eigenvalue weighted by Crippen LogP contribution is 2.28. The van der Waals surface area contributed by atoms with Crippen molar-refractivity contribution in [3.8, 4) is 11.3 Å². The van der Waals surface area contributed by atoms with E-state index in [2.05, 4.69) is 21.1 Å². The molecule has 0 fully saturated rings. The van der Waals surface area contributed by atoms with Gasteiger partial charge in [-0.3, -0.25) is 4.98 Å². The molecule has 0 bridgehead atoms. The predicted molar refractivity (Wildman–Crippen MR) is 83.5 cm³/mol. The molecule has 0 N–H and O–H groups in total. The van der Waals surface area contributed by atoms with Crippen LogP contribution in [0.4, 0.5) is 0 Å². The molecular formula is C16H11ClN4. The van der Waals surface area contributed by atoms with Crippen LogP contribution in [0.1, 0.15) is 5.69 Å². The quantitative estimate of drug-likeness (QED) is 0.534. The molecule has 21 heavy (non-hydrogen) atoms. The third-order valence-electron chi connectivity index (χ3n) is 3.54. The summed E-state index contributed by atoms with van der Waals surface area (Å²) in [6.45, 7) is 1.89. The molecule has 102 valence electrons. The summed E-state index contributed by atoms with van der Waals surface area (Å²) >= 11 is 6.11. The fourth-order valence-electron chi connectivity index (χ4n) is 2.48. The van der Waals surface area contributed by atoms with E-state index in [1.165, 1.54) is 0 Å². The van der Waals surface area contributed by atoms with Crippen molar-refractivity contribution in [2.45, 2.75) is 6.92 Å². The van der Waals surface area contributed by atoms with Gasteiger partial charge in [-0.25, -0.2) is 9.50 Å². The van der Waals surface area contributed by atoms with E-state index in [1.807, 2.05) is 48.0 Å². The van der Waals surface area contributed by atoms with E-state index >= 15 is 0 Å². The van der Waals surface area contributed by atoms with E-state index in [-0.39, 0.29) is 0 Å². The molecule has 4 rings (SSSR count). The summed E-state index contributed by atoms with van der Waals surface area (Å²) in [6.07, 6.45) is 3.62.